The molecule has 2 aliphatic heterocycles. The van der Waals surface area contributed by atoms with Gasteiger partial charge in [-0.25, -0.2) is 9.97 Å². The molecule has 5 heterocycles. The Balaban J connectivity index is 1.91. The van der Waals surface area contributed by atoms with E-state index < -0.39 is 11.9 Å². The van der Waals surface area contributed by atoms with Crippen LogP contribution < -0.4 is 0 Å². The fourth-order valence-corrected chi connectivity index (χ4v) is 6.86. The van der Waals surface area contributed by atoms with Gasteiger partial charge in [0, 0.05) is 18.4 Å². The van der Waals surface area contributed by atoms with Gasteiger partial charge >= 0.3 is 11.9 Å². The number of aromatic amines is 2. The number of fused-ring (bicyclic) bond motifs is 8. The Morgan fingerprint density at radius 2 is 1.27 bits per heavy atom. The van der Waals surface area contributed by atoms with Gasteiger partial charge in [-0.1, -0.05) is 0 Å². The molecule has 4 N–H and O–H groups in total. The summed E-state index contributed by atoms with van der Waals surface area (Å²) < 4.78 is 1.99. The van der Waals surface area contributed by atoms with Crippen LogP contribution in [0.15, 0.2) is 24.3 Å². The van der Waals surface area contributed by atoms with Gasteiger partial charge in [0.25, 0.3) is 0 Å². The molecule has 5 rings (SSSR count). The Bertz CT molecular complexity index is 1830. The SMILES string of the molecule is CC1=C(CCC(=O)O)c2cc3nc(c(I)c4cc(C)c([nH]4)c(I)c4cc(C)c(cc1n2)[nH]4)C(C)=C3CCC(=O)O. The van der Waals surface area contributed by atoms with Crippen LogP contribution in [0.2, 0.25) is 0 Å². The van der Waals surface area contributed by atoms with E-state index in [1.54, 1.807) is 0 Å². The fraction of sp³-hybridized carbons (Fsp3) is 0.267. The number of nitrogens with one attached hydrogen (secondary N) is 2. The first kappa shape index (κ1) is 28.5. The quantitative estimate of drug-likeness (QED) is 0.190. The maximum Gasteiger partial charge on any atom is 0.303 e. The van der Waals surface area contributed by atoms with Crippen molar-refractivity contribution in [2.24, 2.45) is 0 Å². The normalized spacial score (nSPS) is 13.3. The van der Waals surface area contributed by atoms with Gasteiger partial charge in [-0.2, -0.15) is 0 Å². The largest absolute Gasteiger partial charge is 0.481 e. The average Bonchev–Trinajstić information content (AvgIpc) is 3.61. The lowest BCUT2D eigenvalue weighted by molar-refractivity contribution is -0.137. The number of nitrogens with zero attached hydrogens (tertiary/aromatic N) is 2. The van der Waals surface area contributed by atoms with Crippen molar-refractivity contribution >= 4 is 101 Å². The number of hydrogen-bond acceptors (Lipinski definition) is 4. The number of aliphatic carboxylic acids is 2. The molecule has 0 unspecified atom stereocenters. The maximum atomic E-state index is 11.5. The minimum atomic E-state index is -0.873. The summed E-state index contributed by atoms with van der Waals surface area (Å²) in [6.45, 7) is 8.08. The highest BCUT2D eigenvalue weighted by atomic mass is 127. The molecule has 40 heavy (non-hydrogen) atoms. The van der Waals surface area contributed by atoms with E-state index in [1.165, 1.54) is 0 Å². The van der Waals surface area contributed by atoms with Gasteiger partial charge in [-0.05, 0) is 143 Å². The van der Waals surface area contributed by atoms with Crippen LogP contribution in [0, 0.1) is 21.0 Å². The van der Waals surface area contributed by atoms with E-state index in [0.717, 1.165) is 74.0 Å². The molecule has 0 fully saturated rings. The lowest BCUT2D eigenvalue weighted by atomic mass is 9.98. The molecular formula is C30H28I2N4O4. The molecule has 0 atom stereocenters. The molecule has 0 radical (unpaired) electrons. The van der Waals surface area contributed by atoms with E-state index in [2.05, 4.69) is 81.1 Å². The minimum absolute atomic E-state index is 0.0177. The van der Waals surface area contributed by atoms with Crippen LogP contribution in [0.1, 0.15) is 73.4 Å². The van der Waals surface area contributed by atoms with Crippen molar-refractivity contribution in [2.45, 2.75) is 53.4 Å². The summed E-state index contributed by atoms with van der Waals surface area (Å²) in [6.07, 6.45) is 0.627. The number of allylic oxidation sites excluding steroid dienone is 4. The highest BCUT2D eigenvalue weighted by Crippen LogP contribution is 2.39. The topological polar surface area (TPSA) is 132 Å². The standard InChI is InChI=1S/C30H28I2N4O4/c1-13-9-23-27(31)29-14(2)10-24(36-29)28(32)30-16(4)18(6-8-26(39)40)22(35-30)12-21-17(5-7-25(37)38)15(3)20(34-21)11-19(13)33-23/h9-12,33,36H,5-8H2,1-4H3,(H,37,38)(H,39,40). The van der Waals surface area contributed by atoms with Crippen molar-refractivity contribution in [3.05, 3.63) is 65.3 Å². The zero-order chi connectivity index (χ0) is 28.9. The number of rotatable bonds is 6. The van der Waals surface area contributed by atoms with Gasteiger partial charge in [0.15, 0.2) is 0 Å². The summed E-state index contributed by atoms with van der Waals surface area (Å²) in [4.78, 5) is 40.1. The first-order valence-electron chi connectivity index (χ1n) is 12.9. The third-order valence-electron chi connectivity index (χ3n) is 7.44. The third kappa shape index (κ3) is 5.35. The second-order valence-electron chi connectivity index (χ2n) is 10.2. The summed E-state index contributed by atoms with van der Waals surface area (Å²) in [6, 6.07) is 8.14. The van der Waals surface area contributed by atoms with Crippen molar-refractivity contribution in [3.8, 4) is 0 Å². The number of carbonyl (C=O) groups is 2. The molecule has 0 aromatic carbocycles. The molecule has 0 saturated carbocycles. The summed E-state index contributed by atoms with van der Waals surface area (Å²) in [5.74, 6) is -1.75. The van der Waals surface area contributed by atoms with Gasteiger partial charge in [0.1, 0.15) is 0 Å². The van der Waals surface area contributed by atoms with Crippen LogP contribution in [0.4, 0.5) is 0 Å². The van der Waals surface area contributed by atoms with Crippen LogP contribution in [-0.2, 0) is 9.59 Å². The maximum absolute atomic E-state index is 11.5. The Hall–Kier alpha value is -3.00. The highest BCUT2D eigenvalue weighted by molar-refractivity contribution is 14.1. The monoisotopic (exact) mass is 762 g/mol. The lowest BCUT2D eigenvalue weighted by Crippen LogP contribution is -1.97. The Morgan fingerprint density at radius 3 is 1.93 bits per heavy atom. The fourth-order valence-electron chi connectivity index (χ4n) is 5.20. The van der Waals surface area contributed by atoms with Crippen molar-refractivity contribution in [1.29, 1.82) is 0 Å². The summed E-state index contributed by atoms with van der Waals surface area (Å²) in [5.41, 5.74) is 12.5. The highest BCUT2D eigenvalue weighted by Gasteiger charge is 2.23. The first-order valence-corrected chi connectivity index (χ1v) is 15.0. The van der Waals surface area contributed by atoms with Crippen molar-refractivity contribution < 1.29 is 19.8 Å². The van der Waals surface area contributed by atoms with Crippen molar-refractivity contribution in [1.82, 2.24) is 19.9 Å². The molecule has 206 valence electrons. The van der Waals surface area contributed by atoms with Gasteiger partial charge in [0.2, 0.25) is 0 Å². The second kappa shape index (κ2) is 11.1. The van der Waals surface area contributed by atoms with E-state index in [9.17, 15) is 19.8 Å². The van der Waals surface area contributed by atoms with Crippen LogP contribution in [0.5, 0.6) is 0 Å². The van der Waals surface area contributed by atoms with Gasteiger partial charge in [-0.3, -0.25) is 9.59 Å². The predicted molar refractivity (Wildman–Crippen MR) is 175 cm³/mol. The average molecular weight is 762 g/mol. The predicted octanol–water partition coefficient (Wildman–Crippen LogP) is 7.73. The van der Waals surface area contributed by atoms with Crippen LogP contribution >= 0.6 is 45.2 Å². The number of halogens is 2. The Labute approximate surface area is 258 Å². The van der Waals surface area contributed by atoms with Gasteiger partial charge in [0.05, 0.1) is 46.5 Å². The number of carboxylic acids is 2. The summed E-state index contributed by atoms with van der Waals surface area (Å²) in [7, 11) is 0. The lowest BCUT2D eigenvalue weighted by Gasteiger charge is -2.05. The second-order valence-corrected chi connectivity index (χ2v) is 12.3. The summed E-state index contributed by atoms with van der Waals surface area (Å²) in [5, 5.41) is 18.9. The van der Waals surface area contributed by atoms with E-state index in [-0.39, 0.29) is 12.8 Å². The molecular weight excluding hydrogens is 734 g/mol. The molecule has 3 aromatic rings. The minimum Gasteiger partial charge on any atom is -0.481 e. The molecule has 0 aliphatic carbocycles. The summed E-state index contributed by atoms with van der Waals surface area (Å²) >= 11 is 4.67. The first-order chi connectivity index (χ1) is 18.9. The molecule has 8 bridgehead atoms. The van der Waals surface area contributed by atoms with Crippen molar-refractivity contribution in [3.63, 3.8) is 0 Å². The van der Waals surface area contributed by atoms with E-state index in [1.807, 2.05) is 26.0 Å². The molecule has 10 heteroatoms. The number of aryl methyl sites for hydroxylation is 2. The third-order valence-corrected chi connectivity index (χ3v) is 9.65. The molecule has 0 amide bonds. The number of H-pyrrole nitrogens is 2. The van der Waals surface area contributed by atoms with Gasteiger partial charge in [-0.15, -0.1) is 0 Å². The van der Waals surface area contributed by atoms with E-state index >= 15 is 0 Å². The van der Waals surface area contributed by atoms with Crippen molar-refractivity contribution in [2.75, 3.05) is 0 Å². The smallest absolute Gasteiger partial charge is 0.303 e. The molecule has 2 aliphatic rings. The van der Waals surface area contributed by atoms with E-state index in [0.29, 0.717) is 24.2 Å². The Kier molecular flexibility index (Phi) is 7.92. The van der Waals surface area contributed by atoms with E-state index in [4.69, 9.17) is 9.97 Å². The molecule has 3 aromatic heterocycles. The van der Waals surface area contributed by atoms with Crippen LogP contribution in [-0.4, -0.2) is 42.1 Å². The number of hydrogen-bond donors (Lipinski definition) is 4. The Morgan fingerprint density at radius 1 is 0.700 bits per heavy atom. The number of carboxylic acid groups (broad SMARTS) is 2. The molecule has 0 spiro atoms. The van der Waals surface area contributed by atoms with Crippen LogP contribution in [0.3, 0.4) is 0 Å². The zero-order valence-electron chi connectivity index (χ0n) is 22.5. The zero-order valence-corrected chi connectivity index (χ0v) is 26.8. The van der Waals surface area contributed by atoms with Gasteiger partial charge < -0.3 is 20.2 Å². The molecule has 8 nitrogen and oxygen atoms in total. The number of aromatic nitrogens is 4. The molecule has 0 saturated heterocycles. The van der Waals surface area contributed by atoms with Crippen LogP contribution in [0.25, 0.3) is 44.4 Å².